The van der Waals surface area contributed by atoms with E-state index >= 15 is 0 Å². The molecule has 1 amide bonds. The molecule has 0 aromatic rings. The van der Waals surface area contributed by atoms with E-state index in [-0.39, 0.29) is 12.6 Å². The number of carbonyl (C=O) groups excluding carboxylic acids is 1. The topological polar surface area (TPSA) is 76.1 Å². The number of nitrogens with zero attached hydrogens (tertiary/aromatic N) is 1. The number of ether oxygens (including phenoxy) is 2. The van der Waals surface area contributed by atoms with Gasteiger partial charge in [-0.25, -0.2) is 9.59 Å². The molecule has 0 bridgehead atoms. The van der Waals surface area contributed by atoms with Crippen LogP contribution in [0.2, 0.25) is 0 Å². The van der Waals surface area contributed by atoms with E-state index in [2.05, 4.69) is 4.74 Å². The molecule has 2 unspecified atom stereocenters. The first-order valence-electron chi connectivity index (χ1n) is 4.20. The zero-order valence-corrected chi connectivity index (χ0v) is 8.10. The predicted molar refractivity (Wildman–Crippen MR) is 45.9 cm³/mol. The van der Waals surface area contributed by atoms with Gasteiger partial charge in [-0.05, 0) is 0 Å². The van der Waals surface area contributed by atoms with Crippen LogP contribution in [0.4, 0.5) is 4.79 Å². The zero-order valence-electron chi connectivity index (χ0n) is 8.10. The minimum absolute atomic E-state index is 0.227. The lowest BCUT2D eigenvalue weighted by Gasteiger charge is -2.18. The first kappa shape index (κ1) is 10.8. The highest BCUT2D eigenvalue weighted by molar-refractivity contribution is 5.80. The van der Waals surface area contributed by atoms with Crippen molar-refractivity contribution in [3.63, 3.8) is 0 Å². The molecular weight excluding hydrogens is 190 g/mol. The van der Waals surface area contributed by atoms with Crippen molar-refractivity contribution in [2.45, 2.75) is 18.6 Å². The minimum atomic E-state index is -1.03. The number of likely N-dealkylation sites (tertiary alicyclic amines) is 1. The molecule has 0 spiro atoms. The number of aliphatic carboxylic acids is 1. The number of carboxylic acids is 1. The standard InChI is InChI=1S/C8H13NO5/c1-13-5-3-6(7(10)11)9(4-5)8(12)14-2/h5-6H,3-4H2,1-2H3,(H,10,11). The number of hydrogen-bond acceptors (Lipinski definition) is 4. The van der Waals surface area contributed by atoms with E-state index in [0.717, 1.165) is 4.90 Å². The summed E-state index contributed by atoms with van der Waals surface area (Å²) in [7, 11) is 2.71. The van der Waals surface area contributed by atoms with Gasteiger partial charge in [0.25, 0.3) is 0 Å². The molecule has 1 aliphatic rings. The van der Waals surface area contributed by atoms with Crippen LogP contribution in [-0.4, -0.2) is 55.0 Å². The molecule has 1 rings (SSSR count). The van der Waals surface area contributed by atoms with Gasteiger partial charge >= 0.3 is 12.1 Å². The molecule has 80 valence electrons. The Hall–Kier alpha value is -1.30. The van der Waals surface area contributed by atoms with Crippen molar-refractivity contribution in [1.82, 2.24) is 4.90 Å². The van der Waals surface area contributed by atoms with Crippen molar-refractivity contribution >= 4 is 12.1 Å². The van der Waals surface area contributed by atoms with Gasteiger partial charge in [0.05, 0.1) is 19.8 Å². The SMILES string of the molecule is COC(=O)N1CC(OC)CC1C(=O)O. The van der Waals surface area contributed by atoms with Gasteiger partial charge < -0.3 is 14.6 Å². The van der Waals surface area contributed by atoms with E-state index in [0.29, 0.717) is 6.42 Å². The van der Waals surface area contributed by atoms with Crippen LogP contribution in [0.5, 0.6) is 0 Å². The van der Waals surface area contributed by atoms with Crippen LogP contribution in [0, 0.1) is 0 Å². The Labute approximate surface area is 81.4 Å². The van der Waals surface area contributed by atoms with Gasteiger partial charge in [-0.1, -0.05) is 0 Å². The van der Waals surface area contributed by atoms with Crippen molar-refractivity contribution in [2.24, 2.45) is 0 Å². The molecule has 0 aliphatic carbocycles. The molecule has 0 aromatic heterocycles. The second-order valence-corrected chi connectivity index (χ2v) is 3.07. The van der Waals surface area contributed by atoms with Crippen LogP contribution >= 0.6 is 0 Å². The van der Waals surface area contributed by atoms with Crippen molar-refractivity contribution in [3.05, 3.63) is 0 Å². The monoisotopic (exact) mass is 203 g/mol. The lowest BCUT2D eigenvalue weighted by Crippen LogP contribution is -2.40. The number of amides is 1. The summed E-state index contributed by atoms with van der Waals surface area (Å²) in [6, 6.07) is -0.840. The highest BCUT2D eigenvalue weighted by atomic mass is 16.5. The fourth-order valence-corrected chi connectivity index (χ4v) is 1.52. The van der Waals surface area contributed by atoms with Crippen LogP contribution in [0.1, 0.15) is 6.42 Å². The van der Waals surface area contributed by atoms with E-state index < -0.39 is 18.1 Å². The molecule has 1 aliphatic heterocycles. The summed E-state index contributed by atoms with van der Waals surface area (Å²) in [6.45, 7) is 0.264. The second-order valence-electron chi connectivity index (χ2n) is 3.07. The van der Waals surface area contributed by atoms with Crippen LogP contribution in [0.3, 0.4) is 0 Å². The largest absolute Gasteiger partial charge is 0.480 e. The van der Waals surface area contributed by atoms with Crippen molar-refractivity contribution in [1.29, 1.82) is 0 Å². The molecule has 14 heavy (non-hydrogen) atoms. The first-order valence-corrected chi connectivity index (χ1v) is 4.20. The fourth-order valence-electron chi connectivity index (χ4n) is 1.52. The normalized spacial score (nSPS) is 26.3. The third-order valence-electron chi connectivity index (χ3n) is 2.29. The summed E-state index contributed by atoms with van der Waals surface area (Å²) in [6.07, 6.45) is -0.548. The molecule has 1 fully saturated rings. The summed E-state index contributed by atoms with van der Waals surface area (Å²) in [5.41, 5.74) is 0. The number of methoxy groups -OCH3 is 2. The summed E-state index contributed by atoms with van der Waals surface area (Å²) < 4.78 is 9.48. The van der Waals surface area contributed by atoms with Gasteiger partial charge in [-0.3, -0.25) is 4.90 Å². The number of rotatable bonds is 2. The smallest absolute Gasteiger partial charge is 0.410 e. The van der Waals surface area contributed by atoms with E-state index in [4.69, 9.17) is 9.84 Å². The van der Waals surface area contributed by atoms with E-state index in [1.54, 1.807) is 0 Å². The quantitative estimate of drug-likeness (QED) is 0.679. The Bertz CT molecular complexity index is 242. The van der Waals surface area contributed by atoms with Crippen molar-refractivity contribution in [3.8, 4) is 0 Å². The van der Waals surface area contributed by atoms with Crippen LogP contribution in [-0.2, 0) is 14.3 Å². The average Bonchev–Trinajstić information content (AvgIpc) is 2.60. The maximum atomic E-state index is 11.2. The van der Waals surface area contributed by atoms with Crippen LogP contribution < -0.4 is 0 Å². The third-order valence-corrected chi connectivity index (χ3v) is 2.29. The lowest BCUT2D eigenvalue weighted by molar-refractivity contribution is -0.141. The maximum Gasteiger partial charge on any atom is 0.410 e. The Morgan fingerprint density at radius 1 is 1.43 bits per heavy atom. The molecule has 0 radical (unpaired) electrons. The minimum Gasteiger partial charge on any atom is -0.480 e. The van der Waals surface area contributed by atoms with Crippen LogP contribution in [0.25, 0.3) is 0 Å². The lowest BCUT2D eigenvalue weighted by atomic mass is 10.2. The first-order chi connectivity index (χ1) is 6.60. The van der Waals surface area contributed by atoms with Gasteiger partial charge in [0.2, 0.25) is 0 Å². The molecular formula is C8H13NO5. The third kappa shape index (κ3) is 1.95. The van der Waals surface area contributed by atoms with Crippen LogP contribution in [0.15, 0.2) is 0 Å². The van der Waals surface area contributed by atoms with Gasteiger partial charge in [0.1, 0.15) is 6.04 Å². The van der Waals surface area contributed by atoms with E-state index in [1.807, 2.05) is 0 Å². The van der Waals surface area contributed by atoms with Gasteiger partial charge in [-0.2, -0.15) is 0 Å². The highest BCUT2D eigenvalue weighted by Gasteiger charge is 2.40. The van der Waals surface area contributed by atoms with Gasteiger partial charge in [-0.15, -0.1) is 0 Å². The average molecular weight is 203 g/mol. The Balaban J connectivity index is 2.71. The summed E-state index contributed by atoms with van der Waals surface area (Å²) >= 11 is 0. The highest BCUT2D eigenvalue weighted by Crippen LogP contribution is 2.20. The molecule has 6 nitrogen and oxygen atoms in total. The van der Waals surface area contributed by atoms with Gasteiger partial charge in [0.15, 0.2) is 0 Å². The van der Waals surface area contributed by atoms with Crippen molar-refractivity contribution < 1.29 is 24.2 Å². The van der Waals surface area contributed by atoms with E-state index in [1.165, 1.54) is 14.2 Å². The molecule has 1 N–H and O–H groups in total. The fraction of sp³-hybridized carbons (Fsp3) is 0.750. The Kier molecular flexibility index (Phi) is 3.29. The molecule has 6 heteroatoms. The predicted octanol–water partition coefficient (Wildman–Crippen LogP) is -0.0733. The number of carboxylic acid groups (broad SMARTS) is 1. The maximum absolute atomic E-state index is 11.2. The number of carbonyl (C=O) groups is 2. The molecule has 1 heterocycles. The molecule has 2 atom stereocenters. The molecule has 1 saturated heterocycles. The van der Waals surface area contributed by atoms with Gasteiger partial charge in [0, 0.05) is 13.5 Å². The molecule has 0 aromatic carbocycles. The second kappa shape index (κ2) is 4.28. The Morgan fingerprint density at radius 3 is 2.50 bits per heavy atom. The van der Waals surface area contributed by atoms with E-state index in [9.17, 15) is 9.59 Å². The molecule has 0 saturated carbocycles. The summed E-state index contributed by atoms with van der Waals surface area (Å²) in [5.74, 6) is -1.03. The number of hydrogen-bond donors (Lipinski definition) is 1. The summed E-state index contributed by atoms with van der Waals surface area (Å²) in [5, 5.41) is 8.84. The zero-order chi connectivity index (χ0) is 10.7. The summed E-state index contributed by atoms with van der Waals surface area (Å²) in [4.78, 5) is 23.1. The van der Waals surface area contributed by atoms with Crippen molar-refractivity contribution in [2.75, 3.05) is 20.8 Å². The Morgan fingerprint density at radius 2 is 2.07 bits per heavy atom.